The molecule has 114 valence electrons. The fourth-order valence-electron chi connectivity index (χ4n) is 6.85. The predicted octanol–water partition coefficient (Wildman–Crippen LogP) is 0.799. The second-order valence-electron chi connectivity index (χ2n) is 7.89. The van der Waals surface area contributed by atoms with Crippen molar-refractivity contribution in [2.24, 2.45) is 17.3 Å². The Morgan fingerprint density at radius 3 is 2.95 bits per heavy atom. The Morgan fingerprint density at radius 1 is 1.38 bits per heavy atom. The van der Waals surface area contributed by atoms with E-state index in [1.54, 1.807) is 0 Å². The number of nitriles is 1. The van der Waals surface area contributed by atoms with E-state index in [4.69, 9.17) is 10.1 Å². The van der Waals surface area contributed by atoms with Crippen LogP contribution in [0.25, 0.3) is 0 Å². The van der Waals surface area contributed by atoms with E-state index < -0.39 is 0 Å². The standard InChI is InChI=1S/C16H23N3O2/c17-9-13-2-1-4-19(13)21-5-3-18-14-7-11-6-12-8-15(20,10-14)16(11,12)14/h11-13,18,20H,1-8,10H2. The minimum Gasteiger partial charge on any atom is -0.389 e. The Labute approximate surface area is 125 Å². The van der Waals surface area contributed by atoms with Crippen LogP contribution in [0.3, 0.4) is 0 Å². The molecule has 1 heterocycles. The zero-order chi connectivity index (χ0) is 14.3. The lowest BCUT2D eigenvalue weighted by atomic mass is 9.14. The SMILES string of the molecule is N#CC1CCCN1OCCNC12CC3CC4CC(O)(C1)C432. The average Bonchev–Trinajstić information content (AvgIpc) is 2.85. The zero-order valence-electron chi connectivity index (χ0n) is 12.3. The summed E-state index contributed by atoms with van der Waals surface area (Å²) in [7, 11) is 0. The molecule has 21 heavy (non-hydrogen) atoms. The van der Waals surface area contributed by atoms with Crippen molar-refractivity contribution in [2.75, 3.05) is 19.7 Å². The molecule has 0 amide bonds. The topological polar surface area (TPSA) is 68.5 Å². The van der Waals surface area contributed by atoms with Crippen molar-refractivity contribution < 1.29 is 9.94 Å². The fourth-order valence-corrected chi connectivity index (χ4v) is 6.85. The molecule has 6 unspecified atom stereocenters. The highest BCUT2D eigenvalue weighted by Crippen LogP contribution is 2.90. The van der Waals surface area contributed by atoms with Gasteiger partial charge in [0.2, 0.25) is 0 Å². The molecular formula is C16H23N3O2. The minimum absolute atomic E-state index is 0.0636. The molecular weight excluding hydrogens is 266 g/mol. The maximum Gasteiger partial charge on any atom is 0.122 e. The first-order valence-electron chi connectivity index (χ1n) is 8.42. The lowest BCUT2D eigenvalue weighted by molar-refractivity contribution is -0.465. The van der Waals surface area contributed by atoms with Gasteiger partial charge in [0.05, 0.1) is 18.3 Å². The molecule has 0 aromatic rings. The highest BCUT2D eigenvalue weighted by atomic mass is 16.7. The van der Waals surface area contributed by atoms with E-state index >= 15 is 0 Å². The van der Waals surface area contributed by atoms with Crippen LogP contribution < -0.4 is 5.32 Å². The molecule has 5 fully saturated rings. The second-order valence-corrected chi connectivity index (χ2v) is 7.89. The predicted molar refractivity (Wildman–Crippen MR) is 74.9 cm³/mol. The Balaban J connectivity index is 1.14. The summed E-state index contributed by atoms with van der Waals surface area (Å²) in [5.74, 6) is 1.56. The van der Waals surface area contributed by atoms with Gasteiger partial charge in [-0.15, -0.1) is 0 Å². The van der Waals surface area contributed by atoms with E-state index in [0.29, 0.717) is 6.61 Å². The molecule has 0 aromatic heterocycles. The Kier molecular flexibility index (Phi) is 2.32. The number of hydrogen-bond donors (Lipinski definition) is 2. The molecule has 6 atom stereocenters. The Hall–Kier alpha value is -0.670. The molecule has 0 bridgehead atoms. The molecule has 5 nitrogen and oxygen atoms in total. The lowest BCUT2D eigenvalue weighted by Gasteiger charge is -2.93. The van der Waals surface area contributed by atoms with Crippen LogP contribution in [-0.4, -0.2) is 47.0 Å². The molecule has 5 aliphatic rings. The first-order valence-corrected chi connectivity index (χ1v) is 8.42. The van der Waals surface area contributed by atoms with Crippen LogP contribution in [0.4, 0.5) is 0 Å². The summed E-state index contributed by atoms with van der Waals surface area (Å²) in [5.41, 5.74) is 0.146. The summed E-state index contributed by atoms with van der Waals surface area (Å²) < 4.78 is 0. The summed E-state index contributed by atoms with van der Waals surface area (Å²) in [6, 6.07) is 2.23. The molecule has 5 heteroatoms. The average molecular weight is 289 g/mol. The number of rotatable bonds is 5. The monoisotopic (exact) mass is 289 g/mol. The van der Waals surface area contributed by atoms with E-state index in [1.807, 2.05) is 5.06 Å². The van der Waals surface area contributed by atoms with Gasteiger partial charge in [0.1, 0.15) is 6.04 Å². The first-order chi connectivity index (χ1) is 10.2. The molecule has 4 aliphatic carbocycles. The van der Waals surface area contributed by atoms with Crippen LogP contribution in [0.1, 0.15) is 38.5 Å². The van der Waals surface area contributed by atoms with Gasteiger partial charge < -0.3 is 10.4 Å². The van der Waals surface area contributed by atoms with Gasteiger partial charge in [-0.2, -0.15) is 10.3 Å². The third kappa shape index (κ3) is 1.21. The fraction of sp³-hybridized carbons (Fsp3) is 0.938. The summed E-state index contributed by atoms with van der Waals surface area (Å²) in [4.78, 5) is 5.76. The number of nitrogens with zero attached hydrogens (tertiary/aromatic N) is 2. The highest BCUT2D eigenvalue weighted by Gasteiger charge is 2.93. The molecule has 1 spiro atoms. The van der Waals surface area contributed by atoms with Crippen LogP contribution in [0.15, 0.2) is 0 Å². The number of aliphatic hydroxyl groups is 1. The summed E-state index contributed by atoms with van der Waals surface area (Å²) >= 11 is 0. The third-order valence-corrected chi connectivity index (χ3v) is 7.37. The van der Waals surface area contributed by atoms with Gasteiger partial charge in [-0.25, -0.2) is 0 Å². The quantitative estimate of drug-likeness (QED) is 0.733. The molecule has 0 radical (unpaired) electrons. The van der Waals surface area contributed by atoms with Crippen molar-refractivity contribution >= 4 is 0 Å². The van der Waals surface area contributed by atoms with Crippen LogP contribution in [0, 0.1) is 28.6 Å². The van der Waals surface area contributed by atoms with Crippen molar-refractivity contribution in [1.82, 2.24) is 10.4 Å². The van der Waals surface area contributed by atoms with E-state index in [-0.39, 0.29) is 22.6 Å². The van der Waals surface area contributed by atoms with Crippen LogP contribution in [0.5, 0.6) is 0 Å². The molecule has 1 aliphatic heterocycles. The van der Waals surface area contributed by atoms with Crippen molar-refractivity contribution in [2.45, 2.75) is 55.7 Å². The molecule has 2 N–H and O–H groups in total. The summed E-state index contributed by atoms with van der Waals surface area (Å²) in [5, 5.41) is 25.2. The minimum atomic E-state index is -0.326. The van der Waals surface area contributed by atoms with Crippen molar-refractivity contribution in [1.29, 1.82) is 5.26 Å². The smallest absolute Gasteiger partial charge is 0.122 e. The van der Waals surface area contributed by atoms with Crippen LogP contribution in [-0.2, 0) is 4.84 Å². The van der Waals surface area contributed by atoms with Crippen LogP contribution in [0.2, 0.25) is 0 Å². The van der Waals surface area contributed by atoms with Gasteiger partial charge >= 0.3 is 0 Å². The Morgan fingerprint density at radius 2 is 2.24 bits per heavy atom. The van der Waals surface area contributed by atoms with Crippen molar-refractivity contribution in [3.8, 4) is 6.07 Å². The maximum atomic E-state index is 10.6. The zero-order valence-corrected chi connectivity index (χ0v) is 12.3. The van der Waals surface area contributed by atoms with Gasteiger partial charge in [-0.1, -0.05) is 0 Å². The molecule has 4 saturated carbocycles. The first kappa shape index (κ1) is 12.8. The Bertz CT molecular complexity index is 528. The highest BCUT2D eigenvalue weighted by molar-refractivity contribution is 5.46. The molecule has 0 aromatic carbocycles. The van der Waals surface area contributed by atoms with Crippen molar-refractivity contribution in [3.05, 3.63) is 0 Å². The summed E-state index contributed by atoms with van der Waals surface area (Å²) in [6.07, 6.45) is 6.55. The third-order valence-electron chi connectivity index (χ3n) is 7.37. The van der Waals surface area contributed by atoms with Gasteiger partial charge in [-0.05, 0) is 50.4 Å². The van der Waals surface area contributed by atoms with Crippen molar-refractivity contribution in [3.63, 3.8) is 0 Å². The van der Waals surface area contributed by atoms with E-state index in [1.165, 1.54) is 12.8 Å². The normalized spacial score (nSPS) is 56.1. The molecule has 5 rings (SSSR count). The van der Waals surface area contributed by atoms with Gasteiger partial charge in [0, 0.05) is 24.0 Å². The van der Waals surface area contributed by atoms with E-state index in [9.17, 15) is 5.11 Å². The van der Waals surface area contributed by atoms with Gasteiger partial charge in [-0.3, -0.25) is 4.84 Å². The number of hydroxylamine groups is 2. The van der Waals surface area contributed by atoms with E-state index in [2.05, 4.69) is 11.4 Å². The molecule has 1 saturated heterocycles. The lowest BCUT2D eigenvalue weighted by Crippen LogP contribution is -2.99. The number of hydrogen-bond acceptors (Lipinski definition) is 5. The van der Waals surface area contributed by atoms with Gasteiger partial charge in [0.15, 0.2) is 0 Å². The second kappa shape index (κ2) is 3.80. The largest absolute Gasteiger partial charge is 0.389 e. The van der Waals surface area contributed by atoms with Gasteiger partial charge in [0.25, 0.3) is 0 Å². The number of nitrogens with one attached hydrogen (secondary N) is 1. The van der Waals surface area contributed by atoms with E-state index in [0.717, 1.165) is 50.6 Å². The van der Waals surface area contributed by atoms with Crippen LogP contribution >= 0.6 is 0 Å². The maximum absolute atomic E-state index is 10.6. The summed E-state index contributed by atoms with van der Waals surface area (Å²) in [6.45, 7) is 2.33.